The van der Waals surface area contributed by atoms with Crippen LogP contribution in [0.1, 0.15) is 45.2 Å². The Kier molecular flexibility index (Phi) is 4.06. The predicted molar refractivity (Wildman–Crippen MR) is 86.7 cm³/mol. The Hall–Kier alpha value is -1.65. The van der Waals surface area contributed by atoms with Gasteiger partial charge in [-0.3, -0.25) is 9.78 Å². The molecule has 1 atom stereocenters. The number of rotatable bonds is 2. The third-order valence-corrected chi connectivity index (χ3v) is 5.13. The quantitative estimate of drug-likeness (QED) is 0.842. The summed E-state index contributed by atoms with van der Waals surface area (Å²) in [6.45, 7) is 9.17. The summed E-state index contributed by atoms with van der Waals surface area (Å²) in [6.07, 6.45) is 7.58. The summed E-state index contributed by atoms with van der Waals surface area (Å²) in [6, 6.07) is 0.290. The Bertz CT molecular complexity index is 559. The summed E-state index contributed by atoms with van der Waals surface area (Å²) in [7, 11) is 0. The molecule has 1 spiro atoms. The van der Waals surface area contributed by atoms with E-state index in [0.717, 1.165) is 44.0 Å². The van der Waals surface area contributed by atoms with Gasteiger partial charge < -0.3 is 9.80 Å². The maximum absolute atomic E-state index is 12.2. The SMILES string of the molecule is Cc1nccnc1N1CCC[C@]2(CCC(=O)N(C(C)C)C2)C1. The van der Waals surface area contributed by atoms with Gasteiger partial charge in [-0.15, -0.1) is 0 Å². The van der Waals surface area contributed by atoms with Gasteiger partial charge in [0.25, 0.3) is 0 Å². The molecule has 0 unspecified atom stereocenters. The van der Waals surface area contributed by atoms with E-state index in [0.29, 0.717) is 18.4 Å². The van der Waals surface area contributed by atoms with Crippen LogP contribution in [0.25, 0.3) is 0 Å². The standard InChI is InChI=1S/C17H26N4O/c1-13(2)21-12-17(7-5-15(21)22)6-4-10-20(11-17)16-14(3)18-8-9-19-16/h8-9,13H,4-7,10-12H2,1-3H3/t17-/m0/s1. The average molecular weight is 302 g/mol. The Morgan fingerprint density at radius 3 is 2.68 bits per heavy atom. The number of aryl methyl sites for hydroxylation is 1. The summed E-state index contributed by atoms with van der Waals surface area (Å²) in [4.78, 5) is 25.5. The Morgan fingerprint density at radius 1 is 1.18 bits per heavy atom. The molecule has 0 radical (unpaired) electrons. The van der Waals surface area contributed by atoms with E-state index in [9.17, 15) is 4.79 Å². The first kappa shape index (κ1) is 15.3. The second-order valence-corrected chi connectivity index (χ2v) is 7.11. The molecule has 0 saturated carbocycles. The number of anilines is 1. The Morgan fingerprint density at radius 2 is 1.95 bits per heavy atom. The number of piperidine rings is 2. The summed E-state index contributed by atoms with van der Waals surface area (Å²) in [5, 5.41) is 0. The number of hydrogen-bond acceptors (Lipinski definition) is 4. The third-order valence-electron chi connectivity index (χ3n) is 5.13. The van der Waals surface area contributed by atoms with Crippen molar-refractivity contribution in [3.8, 4) is 0 Å². The fourth-order valence-electron chi connectivity index (χ4n) is 3.95. The van der Waals surface area contributed by atoms with Gasteiger partial charge in [-0.25, -0.2) is 4.98 Å². The second-order valence-electron chi connectivity index (χ2n) is 7.11. The first-order chi connectivity index (χ1) is 10.5. The molecule has 2 fully saturated rings. The van der Waals surface area contributed by atoms with Crippen molar-refractivity contribution in [1.82, 2.24) is 14.9 Å². The minimum Gasteiger partial charge on any atom is -0.354 e. The zero-order valence-corrected chi connectivity index (χ0v) is 13.9. The van der Waals surface area contributed by atoms with Crippen LogP contribution in [0.3, 0.4) is 0 Å². The van der Waals surface area contributed by atoms with Crippen molar-refractivity contribution in [3.05, 3.63) is 18.1 Å². The Labute approximate surface area is 132 Å². The number of amides is 1. The summed E-state index contributed by atoms with van der Waals surface area (Å²) in [5.41, 5.74) is 1.22. The number of aromatic nitrogens is 2. The second kappa shape index (κ2) is 5.86. The van der Waals surface area contributed by atoms with Crippen molar-refractivity contribution < 1.29 is 4.79 Å². The first-order valence-corrected chi connectivity index (χ1v) is 8.33. The largest absolute Gasteiger partial charge is 0.354 e. The minimum absolute atomic E-state index is 0.223. The zero-order chi connectivity index (χ0) is 15.7. The van der Waals surface area contributed by atoms with E-state index >= 15 is 0 Å². The monoisotopic (exact) mass is 302 g/mol. The molecular formula is C17H26N4O. The third kappa shape index (κ3) is 2.81. The number of nitrogens with zero attached hydrogens (tertiary/aromatic N) is 4. The normalized spacial score (nSPS) is 26.1. The van der Waals surface area contributed by atoms with E-state index < -0.39 is 0 Å². The van der Waals surface area contributed by atoms with E-state index in [1.54, 1.807) is 12.4 Å². The van der Waals surface area contributed by atoms with Crippen molar-refractivity contribution in [2.75, 3.05) is 24.5 Å². The molecule has 2 saturated heterocycles. The Balaban J connectivity index is 1.80. The van der Waals surface area contributed by atoms with Crippen molar-refractivity contribution in [2.45, 2.75) is 52.5 Å². The van der Waals surface area contributed by atoms with Crippen LogP contribution >= 0.6 is 0 Å². The number of carbonyl (C=O) groups excluding carboxylic acids is 1. The molecule has 0 aliphatic carbocycles. The van der Waals surface area contributed by atoms with Gasteiger partial charge in [-0.1, -0.05) is 0 Å². The first-order valence-electron chi connectivity index (χ1n) is 8.33. The molecule has 120 valence electrons. The highest BCUT2D eigenvalue weighted by Gasteiger charge is 2.42. The fraction of sp³-hybridized carbons (Fsp3) is 0.706. The van der Waals surface area contributed by atoms with Gasteiger partial charge in [-0.2, -0.15) is 0 Å². The smallest absolute Gasteiger partial charge is 0.222 e. The maximum Gasteiger partial charge on any atom is 0.222 e. The van der Waals surface area contributed by atoms with Crippen LogP contribution in [0, 0.1) is 12.3 Å². The van der Waals surface area contributed by atoms with Crippen LogP contribution in [-0.2, 0) is 4.79 Å². The molecule has 3 rings (SSSR count). The lowest BCUT2D eigenvalue weighted by atomic mass is 9.73. The van der Waals surface area contributed by atoms with Crippen LogP contribution in [0.15, 0.2) is 12.4 Å². The van der Waals surface area contributed by atoms with Crippen LogP contribution in [0.5, 0.6) is 0 Å². The van der Waals surface area contributed by atoms with E-state index in [1.807, 2.05) is 6.92 Å². The lowest BCUT2D eigenvalue weighted by molar-refractivity contribution is -0.140. The van der Waals surface area contributed by atoms with E-state index in [1.165, 1.54) is 6.42 Å². The van der Waals surface area contributed by atoms with E-state index in [2.05, 4.69) is 33.6 Å². The highest BCUT2D eigenvalue weighted by Crippen LogP contribution is 2.40. The summed E-state index contributed by atoms with van der Waals surface area (Å²) >= 11 is 0. The molecule has 0 N–H and O–H groups in total. The highest BCUT2D eigenvalue weighted by atomic mass is 16.2. The summed E-state index contributed by atoms with van der Waals surface area (Å²) < 4.78 is 0. The number of carbonyl (C=O) groups is 1. The van der Waals surface area contributed by atoms with Gasteiger partial charge >= 0.3 is 0 Å². The zero-order valence-electron chi connectivity index (χ0n) is 13.9. The van der Waals surface area contributed by atoms with Crippen LogP contribution in [0.2, 0.25) is 0 Å². The summed E-state index contributed by atoms with van der Waals surface area (Å²) in [5.74, 6) is 1.32. The van der Waals surface area contributed by atoms with Crippen LogP contribution in [0.4, 0.5) is 5.82 Å². The van der Waals surface area contributed by atoms with Crippen molar-refractivity contribution in [1.29, 1.82) is 0 Å². The lowest BCUT2D eigenvalue weighted by Gasteiger charge is -2.49. The van der Waals surface area contributed by atoms with Gasteiger partial charge in [-0.05, 0) is 40.0 Å². The molecule has 0 bridgehead atoms. The molecule has 1 aromatic rings. The van der Waals surface area contributed by atoms with Gasteiger partial charge in [0.05, 0.1) is 5.69 Å². The molecule has 22 heavy (non-hydrogen) atoms. The lowest BCUT2D eigenvalue weighted by Crippen LogP contribution is -2.55. The van der Waals surface area contributed by atoms with E-state index in [-0.39, 0.29) is 5.41 Å². The van der Waals surface area contributed by atoms with Crippen molar-refractivity contribution >= 4 is 11.7 Å². The van der Waals surface area contributed by atoms with E-state index in [4.69, 9.17) is 0 Å². The highest BCUT2D eigenvalue weighted by molar-refractivity contribution is 5.77. The van der Waals surface area contributed by atoms with Gasteiger partial charge in [0.1, 0.15) is 5.82 Å². The molecular weight excluding hydrogens is 276 g/mol. The molecule has 0 aromatic carbocycles. The van der Waals surface area contributed by atoms with Crippen molar-refractivity contribution in [3.63, 3.8) is 0 Å². The predicted octanol–water partition coefficient (Wildman–Crippen LogP) is 2.40. The number of hydrogen-bond donors (Lipinski definition) is 0. The van der Waals surface area contributed by atoms with Crippen LogP contribution in [-0.4, -0.2) is 46.5 Å². The molecule has 1 aromatic heterocycles. The number of likely N-dealkylation sites (tertiary alicyclic amines) is 1. The average Bonchev–Trinajstić information content (AvgIpc) is 2.50. The topological polar surface area (TPSA) is 49.3 Å². The maximum atomic E-state index is 12.2. The fourth-order valence-corrected chi connectivity index (χ4v) is 3.95. The van der Waals surface area contributed by atoms with Gasteiger partial charge in [0, 0.05) is 49.9 Å². The molecule has 3 heterocycles. The van der Waals surface area contributed by atoms with Gasteiger partial charge in [0.15, 0.2) is 0 Å². The minimum atomic E-state index is 0.223. The van der Waals surface area contributed by atoms with Gasteiger partial charge in [0.2, 0.25) is 5.91 Å². The molecule has 5 heteroatoms. The molecule has 2 aliphatic heterocycles. The van der Waals surface area contributed by atoms with Crippen LogP contribution < -0.4 is 4.90 Å². The molecule has 5 nitrogen and oxygen atoms in total. The molecule has 2 aliphatic rings. The molecule has 1 amide bonds. The van der Waals surface area contributed by atoms with Crippen molar-refractivity contribution in [2.24, 2.45) is 5.41 Å².